The topological polar surface area (TPSA) is 79.0 Å². The zero-order chi connectivity index (χ0) is 23.9. The number of thioether (sulfide) groups is 1. The van der Waals surface area contributed by atoms with E-state index in [0.29, 0.717) is 28.4 Å². The summed E-state index contributed by atoms with van der Waals surface area (Å²) in [5.74, 6) is -0.809. The van der Waals surface area contributed by atoms with Crippen LogP contribution in [0.15, 0.2) is 72.8 Å². The largest absolute Gasteiger partial charge is 0.497 e. The molecule has 0 aliphatic carbocycles. The van der Waals surface area contributed by atoms with Gasteiger partial charge in [-0.3, -0.25) is 24.2 Å². The van der Waals surface area contributed by atoms with Gasteiger partial charge in [0.1, 0.15) is 18.1 Å². The summed E-state index contributed by atoms with van der Waals surface area (Å²) in [5.41, 5.74) is 2.14. The highest BCUT2D eigenvalue weighted by Gasteiger charge is 2.61. The minimum absolute atomic E-state index is 0.0846. The molecule has 1 atom stereocenters. The zero-order valence-electron chi connectivity index (χ0n) is 18.2. The lowest BCUT2D eigenvalue weighted by molar-refractivity contribution is -0.124. The summed E-state index contributed by atoms with van der Waals surface area (Å²) in [7, 11) is 1.54. The molecule has 3 aromatic carbocycles. The third-order valence-electron chi connectivity index (χ3n) is 5.80. The van der Waals surface area contributed by atoms with Gasteiger partial charge in [-0.2, -0.15) is 0 Å². The summed E-state index contributed by atoms with van der Waals surface area (Å²) >= 11 is 1.20. The molecule has 1 N–H and O–H groups in total. The van der Waals surface area contributed by atoms with Gasteiger partial charge in [0.2, 0.25) is 16.7 Å². The van der Waals surface area contributed by atoms with E-state index >= 15 is 0 Å². The normalized spacial score (nSPS) is 19.0. The molecule has 3 amide bonds. The lowest BCUT2D eigenvalue weighted by Crippen LogP contribution is -2.50. The van der Waals surface area contributed by atoms with E-state index in [1.54, 1.807) is 48.5 Å². The highest BCUT2D eigenvalue weighted by Crippen LogP contribution is 2.55. The minimum atomic E-state index is -1.36. The predicted molar refractivity (Wildman–Crippen MR) is 128 cm³/mol. The third kappa shape index (κ3) is 3.49. The average Bonchev–Trinajstić information content (AvgIpc) is 3.31. The number of benzene rings is 3. The van der Waals surface area contributed by atoms with Crippen molar-refractivity contribution in [3.05, 3.63) is 84.2 Å². The first-order valence-electron chi connectivity index (χ1n) is 10.5. The number of carbonyl (C=O) groups excluding carboxylic acids is 3. The summed E-state index contributed by atoms with van der Waals surface area (Å²) in [4.78, 5) is 41.2. The first-order valence-corrected chi connectivity index (χ1v) is 11.5. The molecule has 1 fully saturated rings. The Bertz CT molecular complexity index is 1300. The fourth-order valence-electron chi connectivity index (χ4n) is 4.35. The van der Waals surface area contributed by atoms with Crippen LogP contribution in [0.1, 0.15) is 5.56 Å². The number of hydrogen-bond acceptors (Lipinski definition) is 5. The van der Waals surface area contributed by atoms with Gasteiger partial charge in [0.05, 0.1) is 18.6 Å². The fraction of sp³-hybridized carbons (Fsp3) is 0.160. The molecule has 0 bridgehead atoms. The first kappa shape index (κ1) is 22.0. The number of carbonyl (C=O) groups is 3. The van der Waals surface area contributed by atoms with Crippen molar-refractivity contribution >= 4 is 46.5 Å². The van der Waals surface area contributed by atoms with E-state index in [2.05, 4.69) is 5.32 Å². The van der Waals surface area contributed by atoms with Gasteiger partial charge >= 0.3 is 0 Å². The fourth-order valence-corrected chi connectivity index (χ4v) is 5.71. The summed E-state index contributed by atoms with van der Waals surface area (Å²) in [6, 6.07) is 19.5. The van der Waals surface area contributed by atoms with Crippen LogP contribution in [0.5, 0.6) is 5.75 Å². The van der Waals surface area contributed by atoms with E-state index in [-0.39, 0.29) is 18.2 Å². The number of fused-ring (bicyclic) bond motifs is 2. The van der Waals surface area contributed by atoms with Crippen LogP contribution in [0.3, 0.4) is 0 Å². The number of nitrogens with zero attached hydrogens (tertiary/aromatic N) is 2. The number of hydrogen-bond donors (Lipinski definition) is 1. The van der Waals surface area contributed by atoms with Crippen LogP contribution < -0.4 is 19.9 Å². The monoisotopic (exact) mass is 477 g/mol. The Kier molecular flexibility index (Phi) is 5.49. The standard InChI is InChI=1S/C25H20FN3O4S/c1-33-19-6-4-5-17(13-19)27-22(30)14-28-21-8-3-2-7-20(21)25(24(28)32)29(23(31)15-34-25)18-11-9-16(26)10-12-18/h2-13H,14-15H2,1H3,(H,27,30). The Morgan fingerprint density at radius 3 is 2.62 bits per heavy atom. The van der Waals surface area contributed by atoms with Crippen molar-refractivity contribution in [3.8, 4) is 5.75 Å². The maximum atomic E-state index is 13.9. The second-order valence-electron chi connectivity index (χ2n) is 7.83. The second kappa shape index (κ2) is 8.49. The Labute approximate surface area is 199 Å². The Balaban J connectivity index is 1.49. The van der Waals surface area contributed by atoms with Crippen molar-refractivity contribution in [1.29, 1.82) is 0 Å². The van der Waals surface area contributed by atoms with Gasteiger partial charge in [-0.1, -0.05) is 24.3 Å². The number of nitrogens with one attached hydrogen (secondary N) is 1. The molecule has 0 aromatic heterocycles. The van der Waals surface area contributed by atoms with Crippen LogP contribution in [0.25, 0.3) is 0 Å². The molecular formula is C25H20FN3O4S. The smallest absolute Gasteiger partial charge is 0.269 e. The Morgan fingerprint density at radius 1 is 1.09 bits per heavy atom. The molecular weight excluding hydrogens is 457 g/mol. The van der Waals surface area contributed by atoms with Gasteiger partial charge in [0.15, 0.2) is 0 Å². The quantitative estimate of drug-likeness (QED) is 0.606. The van der Waals surface area contributed by atoms with Crippen LogP contribution in [0, 0.1) is 5.82 Å². The Morgan fingerprint density at radius 2 is 1.85 bits per heavy atom. The minimum Gasteiger partial charge on any atom is -0.497 e. The molecule has 0 radical (unpaired) electrons. The molecule has 3 aromatic rings. The molecule has 172 valence electrons. The maximum absolute atomic E-state index is 13.9. The molecule has 2 aliphatic rings. The van der Waals surface area contributed by atoms with Crippen LogP contribution in [-0.4, -0.2) is 37.1 Å². The Hall–Kier alpha value is -3.85. The molecule has 9 heteroatoms. The summed E-state index contributed by atoms with van der Waals surface area (Å²) in [6.45, 7) is -0.235. The number of para-hydroxylation sites is 1. The lowest BCUT2D eigenvalue weighted by Gasteiger charge is -2.33. The SMILES string of the molecule is COc1cccc(NC(=O)CN2C(=O)C3(SCC(=O)N3c3ccc(F)cc3)c3ccccc32)c1. The number of ether oxygens (including phenoxy) is 1. The summed E-state index contributed by atoms with van der Waals surface area (Å²) in [6.07, 6.45) is 0. The van der Waals surface area contributed by atoms with Gasteiger partial charge in [0.25, 0.3) is 5.91 Å². The molecule has 7 nitrogen and oxygen atoms in total. The molecule has 2 aliphatic heterocycles. The highest BCUT2D eigenvalue weighted by molar-refractivity contribution is 8.02. The lowest BCUT2D eigenvalue weighted by atomic mass is 10.0. The van der Waals surface area contributed by atoms with Gasteiger partial charge < -0.3 is 10.1 Å². The molecule has 2 heterocycles. The van der Waals surface area contributed by atoms with Crippen molar-refractivity contribution in [2.24, 2.45) is 0 Å². The molecule has 1 unspecified atom stereocenters. The summed E-state index contributed by atoms with van der Waals surface area (Å²) < 4.78 is 18.7. The van der Waals surface area contributed by atoms with Crippen LogP contribution in [0.2, 0.25) is 0 Å². The molecule has 5 rings (SSSR count). The number of halogens is 1. The number of amides is 3. The van der Waals surface area contributed by atoms with Crippen molar-refractivity contribution in [2.45, 2.75) is 4.87 Å². The third-order valence-corrected chi connectivity index (χ3v) is 7.19. The van der Waals surface area contributed by atoms with E-state index in [4.69, 9.17) is 4.74 Å². The van der Waals surface area contributed by atoms with Gasteiger partial charge in [0, 0.05) is 23.0 Å². The van der Waals surface area contributed by atoms with Crippen molar-refractivity contribution in [2.75, 3.05) is 34.5 Å². The van der Waals surface area contributed by atoms with E-state index in [0.717, 1.165) is 0 Å². The van der Waals surface area contributed by atoms with Gasteiger partial charge in [-0.25, -0.2) is 4.39 Å². The van der Waals surface area contributed by atoms with Crippen LogP contribution in [-0.2, 0) is 19.3 Å². The molecule has 0 saturated carbocycles. The van der Waals surface area contributed by atoms with E-state index < -0.39 is 22.5 Å². The highest BCUT2D eigenvalue weighted by atomic mass is 32.2. The summed E-state index contributed by atoms with van der Waals surface area (Å²) in [5, 5.41) is 2.79. The first-order chi connectivity index (χ1) is 16.4. The molecule has 1 spiro atoms. The molecule has 1 saturated heterocycles. The van der Waals surface area contributed by atoms with Crippen LogP contribution in [0.4, 0.5) is 21.5 Å². The van der Waals surface area contributed by atoms with Crippen LogP contribution >= 0.6 is 11.8 Å². The second-order valence-corrected chi connectivity index (χ2v) is 9.00. The van der Waals surface area contributed by atoms with Gasteiger partial charge in [-0.15, -0.1) is 11.8 Å². The maximum Gasteiger partial charge on any atom is 0.269 e. The predicted octanol–water partition coefficient (Wildman–Crippen LogP) is 3.75. The van der Waals surface area contributed by atoms with Gasteiger partial charge in [-0.05, 0) is 42.5 Å². The van der Waals surface area contributed by atoms with E-state index in [1.165, 1.54) is 52.9 Å². The van der Waals surface area contributed by atoms with Crippen molar-refractivity contribution in [3.63, 3.8) is 0 Å². The van der Waals surface area contributed by atoms with Crippen molar-refractivity contribution < 1.29 is 23.5 Å². The number of rotatable bonds is 5. The number of methoxy groups -OCH3 is 1. The number of anilines is 3. The molecule has 34 heavy (non-hydrogen) atoms. The average molecular weight is 478 g/mol. The van der Waals surface area contributed by atoms with E-state index in [1.807, 2.05) is 0 Å². The van der Waals surface area contributed by atoms with Crippen molar-refractivity contribution in [1.82, 2.24) is 0 Å². The van der Waals surface area contributed by atoms with E-state index in [9.17, 15) is 18.8 Å². The zero-order valence-corrected chi connectivity index (χ0v) is 19.0.